The predicted octanol–water partition coefficient (Wildman–Crippen LogP) is 3.77. The van der Waals surface area contributed by atoms with Gasteiger partial charge in [-0.2, -0.15) is 5.10 Å². The molecule has 0 unspecified atom stereocenters. The first-order chi connectivity index (χ1) is 14.9. The van der Waals surface area contributed by atoms with Crippen LogP contribution in [0.5, 0.6) is 0 Å². The lowest BCUT2D eigenvalue weighted by atomic mass is 9.95. The van der Waals surface area contributed by atoms with E-state index in [1.165, 1.54) is 11.3 Å². The van der Waals surface area contributed by atoms with Crippen LogP contribution in [0.3, 0.4) is 0 Å². The SMILES string of the molecule is CCOC(=O)/C(N=Nc1sc2c(c1C(=O)OCC)CCCC2)=C(/C)c1c(N)n[nH]c1N. The number of allylic oxidation sites excluding steroid dienone is 1. The number of rotatable bonds is 7. The Labute approximate surface area is 183 Å². The lowest BCUT2D eigenvalue weighted by Crippen LogP contribution is -2.10. The molecule has 0 fully saturated rings. The second kappa shape index (κ2) is 9.73. The maximum absolute atomic E-state index is 12.6. The molecule has 0 atom stereocenters. The molecule has 0 bridgehead atoms. The molecule has 166 valence electrons. The van der Waals surface area contributed by atoms with Crippen LogP contribution in [0.4, 0.5) is 16.6 Å². The third kappa shape index (κ3) is 4.61. The van der Waals surface area contributed by atoms with Crippen LogP contribution in [0, 0.1) is 0 Å². The Hall–Kier alpha value is -3.21. The van der Waals surface area contributed by atoms with Crippen LogP contribution in [-0.4, -0.2) is 35.3 Å². The second-order valence-corrected chi connectivity index (χ2v) is 7.99. The second-order valence-electron chi connectivity index (χ2n) is 6.90. The number of H-pyrrole nitrogens is 1. The van der Waals surface area contributed by atoms with Gasteiger partial charge in [-0.3, -0.25) is 5.10 Å². The monoisotopic (exact) mass is 446 g/mol. The number of fused-ring (bicyclic) bond motifs is 1. The number of hydrogen-bond acceptors (Lipinski definition) is 10. The summed E-state index contributed by atoms with van der Waals surface area (Å²) < 4.78 is 10.4. The molecule has 0 saturated carbocycles. The van der Waals surface area contributed by atoms with Gasteiger partial charge in [-0.25, -0.2) is 9.59 Å². The van der Waals surface area contributed by atoms with E-state index < -0.39 is 11.9 Å². The van der Waals surface area contributed by atoms with Gasteiger partial charge in [0.1, 0.15) is 11.4 Å². The van der Waals surface area contributed by atoms with Gasteiger partial charge in [-0.1, -0.05) is 0 Å². The molecule has 1 aliphatic rings. The normalized spacial score (nSPS) is 14.3. The van der Waals surface area contributed by atoms with Gasteiger partial charge in [0.05, 0.1) is 18.8 Å². The number of thiophene rings is 1. The van der Waals surface area contributed by atoms with E-state index in [0.29, 0.717) is 21.7 Å². The van der Waals surface area contributed by atoms with E-state index in [1.807, 2.05) is 0 Å². The molecule has 31 heavy (non-hydrogen) atoms. The van der Waals surface area contributed by atoms with Crippen molar-refractivity contribution in [3.8, 4) is 0 Å². The van der Waals surface area contributed by atoms with Crippen molar-refractivity contribution in [1.82, 2.24) is 10.2 Å². The van der Waals surface area contributed by atoms with Crippen LogP contribution in [0.25, 0.3) is 5.57 Å². The Bertz CT molecular complexity index is 1030. The Balaban J connectivity index is 2.09. The van der Waals surface area contributed by atoms with E-state index >= 15 is 0 Å². The number of azo groups is 1. The van der Waals surface area contributed by atoms with Crippen molar-refractivity contribution in [2.75, 3.05) is 24.7 Å². The molecule has 0 saturated heterocycles. The number of carbonyl (C=O) groups is 2. The van der Waals surface area contributed by atoms with Crippen LogP contribution >= 0.6 is 11.3 Å². The van der Waals surface area contributed by atoms with Crippen molar-refractivity contribution in [3.05, 3.63) is 27.3 Å². The first kappa shape index (κ1) is 22.5. The molecule has 10 nitrogen and oxygen atoms in total. The molecule has 0 spiro atoms. The zero-order valence-corrected chi connectivity index (χ0v) is 18.6. The number of carbonyl (C=O) groups excluding carboxylic acids is 2. The Morgan fingerprint density at radius 1 is 1.13 bits per heavy atom. The van der Waals surface area contributed by atoms with Crippen LogP contribution in [0.2, 0.25) is 0 Å². The number of nitrogens with one attached hydrogen (secondary N) is 1. The lowest BCUT2D eigenvalue weighted by molar-refractivity contribution is -0.138. The zero-order chi connectivity index (χ0) is 22.5. The molecule has 2 aromatic heterocycles. The van der Waals surface area contributed by atoms with Crippen molar-refractivity contribution in [3.63, 3.8) is 0 Å². The van der Waals surface area contributed by atoms with Gasteiger partial charge in [0.15, 0.2) is 16.5 Å². The van der Waals surface area contributed by atoms with Crippen molar-refractivity contribution in [2.45, 2.75) is 46.5 Å². The molecule has 11 heteroatoms. The number of esters is 2. The van der Waals surface area contributed by atoms with Crippen LogP contribution in [0.15, 0.2) is 15.9 Å². The topological polar surface area (TPSA) is 158 Å². The highest BCUT2D eigenvalue weighted by Crippen LogP contribution is 2.41. The number of aryl methyl sites for hydroxylation is 1. The average molecular weight is 447 g/mol. The lowest BCUT2D eigenvalue weighted by Gasteiger charge is -2.11. The molecule has 1 aliphatic carbocycles. The summed E-state index contributed by atoms with van der Waals surface area (Å²) in [6.07, 6.45) is 3.72. The van der Waals surface area contributed by atoms with Gasteiger partial charge in [0.2, 0.25) is 0 Å². The van der Waals surface area contributed by atoms with E-state index in [1.54, 1.807) is 20.8 Å². The van der Waals surface area contributed by atoms with Gasteiger partial charge in [-0.15, -0.1) is 21.6 Å². The van der Waals surface area contributed by atoms with E-state index in [4.69, 9.17) is 20.9 Å². The summed E-state index contributed by atoms with van der Waals surface area (Å²) in [5.41, 5.74) is 13.8. The quantitative estimate of drug-likeness (QED) is 0.332. The smallest absolute Gasteiger partial charge is 0.359 e. The van der Waals surface area contributed by atoms with Crippen molar-refractivity contribution < 1.29 is 19.1 Å². The van der Waals surface area contributed by atoms with Crippen LogP contribution in [-0.2, 0) is 27.1 Å². The summed E-state index contributed by atoms with van der Waals surface area (Å²) in [4.78, 5) is 26.3. The third-order valence-corrected chi connectivity index (χ3v) is 6.07. The molecule has 3 rings (SSSR count). The molecule has 5 N–H and O–H groups in total. The maximum atomic E-state index is 12.6. The number of aromatic nitrogens is 2. The minimum atomic E-state index is -0.678. The van der Waals surface area contributed by atoms with Gasteiger partial charge in [-0.05, 0) is 57.6 Å². The number of aromatic amines is 1. The summed E-state index contributed by atoms with van der Waals surface area (Å²) in [5.74, 6) is -0.781. The molecule has 0 amide bonds. The van der Waals surface area contributed by atoms with Gasteiger partial charge in [0.25, 0.3) is 0 Å². The van der Waals surface area contributed by atoms with E-state index in [9.17, 15) is 9.59 Å². The molecular formula is C20H26N6O4S. The summed E-state index contributed by atoms with van der Waals surface area (Å²) >= 11 is 1.39. The summed E-state index contributed by atoms with van der Waals surface area (Å²) in [7, 11) is 0. The number of anilines is 2. The van der Waals surface area contributed by atoms with E-state index in [2.05, 4.69) is 20.4 Å². The minimum absolute atomic E-state index is 0.0668. The first-order valence-corrected chi connectivity index (χ1v) is 10.9. The van der Waals surface area contributed by atoms with Gasteiger partial charge in [0, 0.05) is 4.88 Å². The summed E-state index contributed by atoms with van der Waals surface area (Å²) in [6, 6.07) is 0. The molecule has 2 heterocycles. The number of hydrogen-bond donors (Lipinski definition) is 3. The molecular weight excluding hydrogens is 420 g/mol. The summed E-state index contributed by atoms with van der Waals surface area (Å²) in [5, 5.41) is 15.3. The Morgan fingerprint density at radius 3 is 2.48 bits per heavy atom. The highest BCUT2D eigenvalue weighted by atomic mass is 32.1. The van der Waals surface area contributed by atoms with Crippen molar-refractivity contribution in [2.24, 2.45) is 10.2 Å². The zero-order valence-electron chi connectivity index (χ0n) is 17.8. The number of nitrogens with zero attached hydrogens (tertiary/aromatic N) is 3. The largest absolute Gasteiger partial charge is 0.462 e. The fraction of sp³-hybridized carbons (Fsp3) is 0.450. The first-order valence-electron chi connectivity index (χ1n) is 10.1. The van der Waals surface area contributed by atoms with Crippen LogP contribution < -0.4 is 11.5 Å². The fourth-order valence-electron chi connectivity index (χ4n) is 3.48. The molecule has 0 aromatic carbocycles. The predicted molar refractivity (Wildman–Crippen MR) is 118 cm³/mol. The fourth-order valence-corrected chi connectivity index (χ4v) is 4.68. The summed E-state index contributed by atoms with van der Waals surface area (Å²) in [6.45, 7) is 5.49. The molecule has 2 aromatic rings. The number of nitrogen functional groups attached to an aromatic ring is 2. The Morgan fingerprint density at radius 2 is 1.84 bits per heavy atom. The van der Waals surface area contributed by atoms with Crippen LogP contribution in [0.1, 0.15) is 60.0 Å². The van der Waals surface area contributed by atoms with E-state index in [-0.39, 0.29) is 30.5 Å². The van der Waals surface area contributed by atoms with Gasteiger partial charge < -0.3 is 20.9 Å². The number of nitrogens with two attached hydrogens (primary N) is 2. The average Bonchev–Trinajstić information content (AvgIpc) is 3.27. The highest BCUT2D eigenvalue weighted by molar-refractivity contribution is 7.16. The highest BCUT2D eigenvalue weighted by Gasteiger charge is 2.27. The van der Waals surface area contributed by atoms with Crippen molar-refractivity contribution in [1.29, 1.82) is 0 Å². The van der Waals surface area contributed by atoms with Crippen molar-refractivity contribution >= 4 is 45.5 Å². The molecule has 0 aliphatic heterocycles. The maximum Gasteiger partial charge on any atom is 0.359 e. The van der Waals surface area contributed by atoms with E-state index in [0.717, 1.165) is 36.1 Å². The Kier molecular flexibility index (Phi) is 7.06. The molecule has 0 radical (unpaired) electrons. The third-order valence-electron chi connectivity index (χ3n) is 4.89. The standard InChI is InChI=1S/C20H26N6O4S/c1-4-29-19(27)14-11-8-6-7-9-12(11)31-18(14)26-23-15(20(28)30-5-2)10(3)13-16(21)24-25-17(13)22/h4-9H2,1-3H3,(H5,21,22,24,25)/b15-10+,26-23?. The number of ether oxygens (including phenoxy) is 2. The minimum Gasteiger partial charge on any atom is -0.462 e. The van der Waals surface area contributed by atoms with Gasteiger partial charge >= 0.3 is 11.9 Å².